The molecule has 0 rings (SSSR count). The van der Waals surface area contributed by atoms with Crippen LogP contribution < -0.4 is 0 Å². The Kier molecular flexibility index (Phi) is 10.2. The van der Waals surface area contributed by atoms with Crippen molar-refractivity contribution < 1.29 is 8.85 Å². The predicted octanol–water partition coefficient (Wildman–Crippen LogP) is 4.42. The molecule has 0 aromatic carbocycles. The second-order valence-corrected chi connectivity index (χ2v) is 7.87. The minimum atomic E-state index is -1.53. The third-order valence-corrected chi connectivity index (χ3v) is 6.75. The van der Waals surface area contributed by atoms with E-state index in [0.29, 0.717) is 5.04 Å². The summed E-state index contributed by atoms with van der Waals surface area (Å²) < 4.78 is 12.2. The number of unbranched alkanes of at least 4 members (excludes halogenated alkanes) is 2. The Bertz CT molecular complexity index is 160. The summed E-state index contributed by atoms with van der Waals surface area (Å²) in [6.07, 6.45) is 7.04. The highest BCUT2D eigenvalue weighted by Crippen LogP contribution is 2.38. The van der Waals surface area contributed by atoms with Crippen molar-refractivity contribution in [3.8, 4) is 0 Å². The lowest BCUT2D eigenvalue weighted by molar-refractivity contribution is 0.165. The van der Waals surface area contributed by atoms with E-state index < -0.39 is 9.28 Å². The van der Waals surface area contributed by atoms with E-state index in [0.717, 1.165) is 26.1 Å². The van der Waals surface area contributed by atoms with Crippen LogP contribution in [0.3, 0.4) is 0 Å². The lowest BCUT2D eigenvalue weighted by Gasteiger charge is -2.33. The molecule has 0 aliphatic rings. The molecule has 3 heteroatoms. The average molecular weight is 260 g/mol. The van der Waals surface area contributed by atoms with E-state index in [9.17, 15) is 0 Å². The van der Waals surface area contributed by atoms with Gasteiger partial charge in [0.25, 0.3) is 0 Å². The van der Waals surface area contributed by atoms with E-state index in [1.54, 1.807) is 0 Å². The van der Waals surface area contributed by atoms with Crippen molar-refractivity contribution in [2.75, 3.05) is 13.2 Å². The molecule has 0 saturated heterocycles. The summed E-state index contributed by atoms with van der Waals surface area (Å²) in [5.74, 6) is 0. The fourth-order valence-electron chi connectivity index (χ4n) is 1.70. The van der Waals surface area contributed by atoms with Crippen molar-refractivity contribution in [3.63, 3.8) is 0 Å². The molecule has 0 heterocycles. The second kappa shape index (κ2) is 10.1. The van der Waals surface area contributed by atoms with Gasteiger partial charge in [-0.2, -0.15) is 0 Å². The van der Waals surface area contributed by atoms with Gasteiger partial charge in [0.05, 0.1) is 0 Å². The summed E-state index contributed by atoms with van der Waals surface area (Å²) in [6.45, 7) is 13.0. The van der Waals surface area contributed by atoms with E-state index in [2.05, 4.69) is 34.6 Å². The van der Waals surface area contributed by atoms with Gasteiger partial charge in [-0.15, -0.1) is 0 Å². The van der Waals surface area contributed by atoms with Crippen molar-refractivity contribution in [2.45, 2.75) is 78.2 Å². The zero-order valence-electron chi connectivity index (χ0n) is 12.6. The second-order valence-electron chi connectivity index (χ2n) is 5.14. The monoisotopic (exact) mass is 260 g/mol. The molecular weight excluding hydrogens is 228 g/mol. The highest BCUT2D eigenvalue weighted by molar-refractivity contribution is 6.48. The minimum Gasteiger partial charge on any atom is -0.396 e. The molecule has 0 aromatic rings. The van der Waals surface area contributed by atoms with Crippen molar-refractivity contribution in [1.82, 2.24) is 0 Å². The molecule has 0 aliphatic carbocycles. The number of hydrogen-bond acceptors (Lipinski definition) is 2. The summed E-state index contributed by atoms with van der Waals surface area (Å²) >= 11 is 0. The van der Waals surface area contributed by atoms with Crippen LogP contribution in [-0.2, 0) is 8.85 Å². The van der Waals surface area contributed by atoms with Gasteiger partial charge >= 0.3 is 9.28 Å². The molecule has 0 radical (unpaired) electrons. The van der Waals surface area contributed by atoms with Gasteiger partial charge in [0.2, 0.25) is 0 Å². The maximum Gasteiger partial charge on any atom is 0.327 e. The Hall–Kier alpha value is 0.137. The highest BCUT2D eigenvalue weighted by atomic mass is 28.3. The maximum absolute atomic E-state index is 6.09. The standard InChI is InChI=1S/C14H32O2Si/c1-6-10-12-15-17(16-13-11-7-2)14(5,8-3)9-4/h17H,6-13H2,1-5H3. The predicted molar refractivity (Wildman–Crippen MR) is 77.8 cm³/mol. The quantitative estimate of drug-likeness (QED) is 0.404. The van der Waals surface area contributed by atoms with Crippen LogP contribution in [0.4, 0.5) is 0 Å². The molecule has 0 amide bonds. The van der Waals surface area contributed by atoms with Gasteiger partial charge in [-0.1, -0.05) is 47.5 Å². The Labute approximate surface area is 110 Å². The molecule has 0 unspecified atom stereocenters. The van der Waals surface area contributed by atoms with Gasteiger partial charge in [-0.25, -0.2) is 0 Å². The van der Waals surface area contributed by atoms with Gasteiger partial charge in [0, 0.05) is 18.3 Å². The molecule has 0 atom stereocenters. The molecule has 0 spiro atoms. The minimum absolute atomic E-state index is 0.293. The van der Waals surface area contributed by atoms with Crippen LogP contribution in [0.25, 0.3) is 0 Å². The molecule has 17 heavy (non-hydrogen) atoms. The first-order chi connectivity index (χ1) is 8.14. The molecular formula is C14H32O2Si. The molecule has 0 aromatic heterocycles. The molecule has 0 saturated carbocycles. The molecule has 0 bridgehead atoms. The van der Waals surface area contributed by atoms with E-state index >= 15 is 0 Å². The molecule has 0 fully saturated rings. The van der Waals surface area contributed by atoms with E-state index in [1.165, 1.54) is 25.7 Å². The van der Waals surface area contributed by atoms with Crippen LogP contribution in [0.15, 0.2) is 0 Å². The summed E-state index contributed by atoms with van der Waals surface area (Å²) in [5.41, 5.74) is 0. The third-order valence-electron chi connectivity index (χ3n) is 3.72. The highest BCUT2D eigenvalue weighted by Gasteiger charge is 2.35. The van der Waals surface area contributed by atoms with Crippen molar-refractivity contribution in [3.05, 3.63) is 0 Å². The van der Waals surface area contributed by atoms with E-state index in [-0.39, 0.29) is 0 Å². The van der Waals surface area contributed by atoms with E-state index in [4.69, 9.17) is 8.85 Å². The summed E-state index contributed by atoms with van der Waals surface area (Å²) in [6, 6.07) is 0. The molecule has 0 aliphatic heterocycles. The summed E-state index contributed by atoms with van der Waals surface area (Å²) in [5, 5.41) is 0.293. The van der Waals surface area contributed by atoms with Crippen LogP contribution >= 0.6 is 0 Å². The lowest BCUT2D eigenvalue weighted by atomic mass is 10.1. The van der Waals surface area contributed by atoms with Crippen LogP contribution in [0.2, 0.25) is 5.04 Å². The fraction of sp³-hybridized carbons (Fsp3) is 1.00. The normalized spacial score (nSPS) is 12.4. The van der Waals surface area contributed by atoms with E-state index in [1.807, 2.05) is 0 Å². The van der Waals surface area contributed by atoms with Crippen LogP contribution in [-0.4, -0.2) is 22.5 Å². The lowest BCUT2D eigenvalue weighted by Crippen LogP contribution is -2.37. The summed E-state index contributed by atoms with van der Waals surface area (Å²) in [4.78, 5) is 0. The average Bonchev–Trinajstić information content (AvgIpc) is 2.36. The van der Waals surface area contributed by atoms with Crippen molar-refractivity contribution >= 4 is 9.28 Å². The maximum atomic E-state index is 6.09. The fourth-order valence-corrected chi connectivity index (χ4v) is 4.03. The number of rotatable bonds is 11. The largest absolute Gasteiger partial charge is 0.396 e. The Morgan fingerprint density at radius 3 is 1.53 bits per heavy atom. The number of hydrogen-bond donors (Lipinski definition) is 0. The third kappa shape index (κ3) is 6.58. The Morgan fingerprint density at radius 2 is 1.24 bits per heavy atom. The Balaban J connectivity index is 4.26. The van der Waals surface area contributed by atoms with Gasteiger partial charge < -0.3 is 8.85 Å². The summed E-state index contributed by atoms with van der Waals surface area (Å²) in [7, 11) is -1.53. The van der Waals surface area contributed by atoms with Crippen LogP contribution in [0.5, 0.6) is 0 Å². The van der Waals surface area contributed by atoms with Crippen molar-refractivity contribution in [1.29, 1.82) is 0 Å². The first kappa shape index (κ1) is 17.1. The van der Waals surface area contributed by atoms with Crippen LogP contribution in [0, 0.1) is 0 Å². The van der Waals surface area contributed by atoms with Gasteiger partial charge in [-0.05, 0) is 25.7 Å². The topological polar surface area (TPSA) is 18.5 Å². The smallest absolute Gasteiger partial charge is 0.327 e. The van der Waals surface area contributed by atoms with Gasteiger partial charge in [0.15, 0.2) is 0 Å². The first-order valence-electron chi connectivity index (χ1n) is 7.37. The van der Waals surface area contributed by atoms with Gasteiger partial charge in [-0.3, -0.25) is 0 Å². The van der Waals surface area contributed by atoms with Crippen LogP contribution in [0.1, 0.15) is 73.1 Å². The zero-order valence-corrected chi connectivity index (χ0v) is 13.7. The Morgan fingerprint density at radius 1 is 0.824 bits per heavy atom. The molecule has 2 nitrogen and oxygen atoms in total. The first-order valence-corrected chi connectivity index (χ1v) is 8.89. The molecule has 104 valence electrons. The van der Waals surface area contributed by atoms with Gasteiger partial charge in [0.1, 0.15) is 0 Å². The SMILES string of the molecule is CCCCO[SiH](OCCCC)C(C)(CC)CC. The van der Waals surface area contributed by atoms with Crippen molar-refractivity contribution in [2.24, 2.45) is 0 Å². The molecule has 0 N–H and O–H groups in total. The zero-order chi connectivity index (χ0) is 13.1.